The summed E-state index contributed by atoms with van der Waals surface area (Å²) in [5, 5.41) is 15.9. The van der Waals surface area contributed by atoms with Gasteiger partial charge in [0.1, 0.15) is 5.69 Å². The molecule has 9 nitrogen and oxygen atoms in total. The van der Waals surface area contributed by atoms with Crippen molar-refractivity contribution >= 4 is 28.9 Å². The van der Waals surface area contributed by atoms with Crippen LogP contribution in [-0.4, -0.2) is 53.5 Å². The van der Waals surface area contributed by atoms with Crippen LogP contribution in [0.25, 0.3) is 0 Å². The number of amides is 2. The van der Waals surface area contributed by atoms with E-state index in [1.165, 1.54) is 6.07 Å². The summed E-state index contributed by atoms with van der Waals surface area (Å²) in [6, 6.07) is 13.0. The van der Waals surface area contributed by atoms with Crippen LogP contribution in [0.1, 0.15) is 30.0 Å². The van der Waals surface area contributed by atoms with Crippen LogP contribution in [0.15, 0.2) is 47.6 Å². The highest BCUT2D eigenvalue weighted by atomic mass is 16.6. The molecule has 1 atom stereocenters. The van der Waals surface area contributed by atoms with E-state index in [0.717, 1.165) is 11.1 Å². The number of nitro groups is 1. The molecule has 0 bridgehead atoms. The van der Waals surface area contributed by atoms with Crippen LogP contribution in [0.4, 0.5) is 11.4 Å². The first-order valence-electron chi connectivity index (χ1n) is 11.1. The number of aryl methyl sites for hydroxylation is 1. The van der Waals surface area contributed by atoms with E-state index in [4.69, 9.17) is 0 Å². The monoisotopic (exact) mass is 449 g/mol. The highest BCUT2D eigenvalue weighted by Crippen LogP contribution is 2.31. The number of piperazine rings is 1. The Morgan fingerprint density at radius 2 is 1.85 bits per heavy atom. The third-order valence-electron chi connectivity index (χ3n) is 6.18. The molecule has 1 fully saturated rings. The van der Waals surface area contributed by atoms with Crippen LogP contribution < -0.4 is 10.3 Å². The first-order valence-corrected chi connectivity index (χ1v) is 11.1. The molecule has 2 amide bonds. The second kappa shape index (κ2) is 9.40. The summed E-state index contributed by atoms with van der Waals surface area (Å²) < 4.78 is 0. The van der Waals surface area contributed by atoms with Gasteiger partial charge in [-0.1, -0.05) is 42.8 Å². The molecule has 2 heterocycles. The van der Waals surface area contributed by atoms with Gasteiger partial charge in [-0.25, -0.2) is 5.43 Å². The molecule has 172 valence electrons. The van der Waals surface area contributed by atoms with E-state index in [1.54, 1.807) is 6.07 Å². The van der Waals surface area contributed by atoms with Gasteiger partial charge < -0.3 is 9.80 Å². The number of anilines is 1. The van der Waals surface area contributed by atoms with Crippen molar-refractivity contribution < 1.29 is 14.5 Å². The molecule has 0 radical (unpaired) electrons. The molecule has 1 saturated heterocycles. The quantitative estimate of drug-likeness (QED) is 0.558. The minimum absolute atomic E-state index is 0.00117. The van der Waals surface area contributed by atoms with Crippen LogP contribution >= 0.6 is 0 Å². The van der Waals surface area contributed by atoms with Gasteiger partial charge in [-0.05, 0) is 18.6 Å². The molecule has 9 heteroatoms. The van der Waals surface area contributed by atoms with E-state index in [9.17, 15) is 19.7 Å². The number of carbonyl (C=O) groups excluding carboxylic acids is 2. The Kier molecular flexibility index (Phi) is 6.39. The summed E-state index contributed by atoms with van der Waals surface area (Å²) >= 11 is 0. The Labute approximate surface area is 192 Å². The summed E-state index contributed by atoms with van der Waals surface area (Å²) in [5.41, 5.74) is 6.38. The van der Waals surface area contributed by atoms with Crippen molar-refractivity contribution in [3.05, 3.63) is 69.3 Å². The highest BCUT2D eigenvalue weighted by molar-refractivity contribution is 6.06. The molecule has 2 aliphatic rings. The molecule has 1 N–H and O–H groups in total. The third kappa shape index (κ3) is 5.02. The second-order valence-corrected chi connectivity index (χ2v) is 8.63. The van der Waals surface area contributed by atoms with Crippen LogP contribution in [0.2, 0.25) is 0 Å². The topological polar surface area (TPSA) is 108 Å². The largest absolute Gasteiger partial charge is 0.362 e. The van der Waals surface area contributed by atoms with Gasteiger partial charge in [0, 0.05) is 50.1 Å². The lowest BCUT2D eigenvalue weighted by Gasteiger charge is -2.36. The van der Waals surface area contributed by atoms with Crippen LogP contribution in [0.5, 0.6) is 0 Å². The van der Waals surface area contributed by atoms with E-state index in [0.29, 0.717) is 56.0 Å². The maximum absolute atomic E-state index is 12.7. The maximum Gasteiger partial charge on any atom is 0.293 e. The molecule has 33 heavy (non-hydrogen) atoms. The molecular weight excluding hydrogens is 422 g/mol. The van der Waals surface area contributed by atoms with Crippen LogP contribution in [0, 0.1) is 23.0 Å². The average Bonchev–Trinajstić information content (AvgIpc) is 2.80. The predicted octanol–water partition coefficient (Wildman–Crippen LogP) is 2.65. The van der Waals surface area contributed by atoms with E-state index in [-0.39, 0.29) is 28.3 Å². The average molecular weight is 450 g/mol. The van der Waals surface area contributed by atoms with Crippen molar-refractivity contribution in [1.29, 1.82) is 0 Å². The first-order chi connectivity index (χ1) is 15.8. The van der Waals surface area contributed by atoms with Crippen LogP contribution in [0.3, 0.4) is 0 Å². The SMILES string of the molecule is Cc1ccc(CC(=O)N2CCN(c3ccc(C4=NNC(=O)CC4C)cc3[N+](=O)[O-])CC2)cc1. The number of nitrogens with zero attached hydrogens (tertiary/aromatic N) is 4. The van der Waals surface area contributed by atoms with E-state index in [1.807, 2.05) is 54.0 Å². The van der Waals surface area contributed by atoms with E-state index in [2.05, 4.69) is 10.5 Å². The molecule has 2 aromatic rings. The standard InChI is InChI=1S/C24H27N5O4/c1-16-3-5-18(6-4-16)14-23(31)28-11-9-27(10-12-28)20-8-7-19(15-21(20)29(32)33)24-17(2)13-22(30)25-26-24/h3-8,15,17H,9-14H2,1-2H3,(H,25,30). The molecule has 0 aromatic heterocycles. The first kappa shape index (κ1) is 22.4. The number of rotatable bonds is 5. The molecule has 2 aromatic carbocycles. The number of benzene rings is 2. The van der Waals surface area contributed by atoms with Gasteiger partial charge in [0.15, 0.2) is 0 Å². The molecule has 4 rings (SSSR count). The van der Waals surface area contributed by atoms with Gasteiger partial charge in [-0.3, -0.25) is 19.7 Å². The summed E-state index contributed by atoms with van der Waals surface area (Å²) in [5.74, 6) is -0.214. The van der Waals surface area contributed by atoms with E-state index >= 15 is 0 Å². The van der Waals surface area contributed by atoms with Gasteiger partial charge >= 0.3 is 0 Å². The Balaban J connectivity index is 1.45. The fourth-order valence-corrected chi connectivity index (χ4v) is 4.29. The van der Waals surface area contributed by atoms with Crippen molar-refractivity contribution in [3.8, 4) is 0 Å². The van der Waals surface area contributed by atoms with Gasteiger partial charge in [-0.2, -0.15) is 5.10 Å². The van der Waals surface area contributed by atoms with Crippen molar-refractivity contribution in [2.75, 3.05) is 31.1 Å². The lowest BCUT2D eigenvalue weighted by molar-refractivity contribution is -0.384. The molecule has 0 saturated carbocycles. The summed E-state index contributed by atoms with van der Waals surface area (Å²) in [7, 11) is 0. The molecular formula is C24H27N5O4. The molecule has 0 aliphatic carbocycles. The zero-order valence-corrected chi connectivity index (χ0v) is 18.8. The van der Waals surface area contributed by atoms with Gasteiger partial charge in [0.2, 0.25) is 11.8 Å². The Bertz CT molecular complexity index is 1100. The Hall–Kier alpha value is -3.75. The predicted molar refractivity (Wildman–Crippen MR) is 125 cm³/mol. The zero-order chi connectivity index (χ0) is 23.5. The molecule has 1 unspecified atom stereocenters. The summed E-state index contributed by atoms with van der Waals surface area (Å²) in [4.78, 5) is 39.4. The van der Waals surface area contributed by atoms with Crippen molar-refractivity contribution in [2.45, 2.75) is 26.7 Å². The minimum Gasteiger partial charge on any atom is -0.362 e. The highest BCUT2D eigenvalue weighted by Gasteiger charge is 2.28. The third-order valence-corrected chi connectivity index (χ3v) is 6.18. The van der Waals surface area contributed by atoms with Crippen molar-refractivity contribution in [3.63, 3.8) is 0 Å². The zero-order valence-electron chi connectivity index (χ0n) is 18.8. The van der Waals surface area contributed by atoms with Gasteiger partial charge in [0.25, 0.3) is 5.69 Å². The lowest BCUT2D eigenvalue weighted by Crippen LogP contribution is -2.49. The smallest absolute Gasteiger partial charge is 0.293 e. The van der Waals surface area contributed by atoms with Crippen molar-refractivity contribution in [2.24, 2.45) is 11.0 Å². The number of hydrogen-bond acceptors (Lipinski definition) is 6. The van der Waals surface area contributed by atoms with E-state index < -0.39 is 0 Å². The van der Waals surface area contributed by atoms with Gasteiger partial charge in [-0.15, -0.1) is 0 Å². The normalized spacial score (nSPS) is 18.5. The summed E-state index contributed by atoms with van der Waals surface area (Å²) in [6.45, 7) is 5.96. The van der Waals surface area contributed by atoms with Crippen molar-refractivity contribution in [1.82, 2.24) is 10.3 Å². The minimum atomic E-state index is -0.389. The number of carbonyl (C=O) groups is 2. The number of nitro benzene ring substituents is 1. The molecule has 2 aliphatic heterocycles. The number of nitrogens with one attached hydrogen (secondary N) is 1. The van der Waals surface area contributed by atoms with Crippen LogP contribution in [-0.2, 0) is 16.0 Å². The Morgan fingerprint density at radius 1 is 1.15 bits per heavy atom. The Morgan fingerprint density at radius 3 is 2.48 bits per heavy atom. The molecule has 0 spiro atoms. The number of hydrazone groups is 1. The number of hydrogen-bond donors (Lipinski definition) is 1. The summed E-state index contributed by atoms with van der Waals surface area (Å²) in [6.07, 6.45) is 0.652. The maximum atomic E-state index is 12.7. The van der Waals surface area contributed by atoms with Gasteiger partial charge in [0.05, 0.1) is 17.1 Å². The fourth-order valence-electron chi connectivity index (χ4n) is 4.29. The lowest BCUT2D eigenvalue weighted by atomic mass is 9.93. The second-order valence-electron chi connectivity index (χ2n) is 8.63. The fraction of sp³-hybridized carbons (Fsp3) is 0.375.